The van der Waals surface area contributed by atoms with Crippen LogP contribution in [0.1, 0.15) is 18.4 Å². The molecule has 1 aliphatic rings. The molecule has 1 saturated carbocycles. The number of aromatic nitrogens is 2. The summed E-state index contributed by atoms with van der Waals surface area (Å²) in [5.74, 6) is 0. The summed E-state index contributed by atoms with van der Waals surface area (Å²) < 4.78 is 1.95. The fourth-order valence-electron chi connectivity index (χ4n) is 2.33. The summed E-state index contributed by atoms with van der Waals surface area (Å²) in [6.07, 6.45) is 7.45. The minimum Gasteiger partial charge on any atom is -0.314 e. The molecule has 3 nitrogen and oxygen atoms in total. The van der Waals surface area contributed by atoms with Gasteiger partial charge in [-0.15, -0.1) is 0 Å². The van der Waals surface area contributed by atoms with Crippen molar-refractivity contribution in [3.05, 3.63) is 48.3 Å². The molecular formula is C14H17N3. The average Bonchev–Trinajstić information content (AvgIpc) is 2.92. The smallest absolute Gasteiger partial charge is 0.0678 e. The number of hydrogen-bond acceptors (Lipinski definition) is 2. The fourth-order valence-corrected chi connectivity index (χ4v) is 2.33. The quantitative estimate of drug-likeness (QED) is 0.867. The molecule has 0 radical (unpaired) electrons. The van der Waals surface area contributed by atoms with Gasteiger partial charge in [-0.05, 0) is 44.0 Å². The van der Waals surface area contributed by atoms with Crippen molar-refractivity contribution in [2.75, 3.05) is 7.05 Å². The first-order valence-corrected chi connectivity index (χ1v) is 6.10. The number of benzene rings is 1. The molecule has 3 heteroatoms. The Morgan fingerprint density at radius 3 is 2.76 bits per heavy atom. The minimum absolute atomic E-state index is 0.337. The van der Waals surface area contributed by atoms with Crippen molar-refractivity contribution in [2.24, 2.45) is 0 Å². The van der Waals surface area contributed by atoms with E-state index < -0.39 is 0 Å². The van der Waals surface area contributed by atoms with E-state index in [1.165, 1.54) is 24.1 Å². The molecule has 0 unspecified atom stereocenters. The third-order valence-corrected chi connectivity index (χ3v) is 3.66. The van der Waals surface area contributed by atoms with Gasteiger partial charge >= 0.3 is 0 Å². The van der Waals surface area contributed by atoms with Crippen molar-refractivity contribution in [3.8, 4) is 5.69 Å². The monoisotopic (exact) mass is 227 g/mol. The second-order valence-corrected chi connectivity index (χ2v) is 4.79. The molecule has 0 spiro atoms. The molecule has 0 atom stereocenters. The van der Waals surface area contributed by atoms with Gasteiger partial charge in [-0.3, -0.25) is 0 Å². The summed E-state index contributed by atoms with van der Waals surface area (Å²) in [4.78, 5) is 0. The van der Waals surface area contributed by atoms with E-state index in [1.807, 2.05) is 23.1 Å². The van der Waals surface area contributed by atoms with Crippen LogP contribution in [0.25, 0.3) is 5.69 Å². The maximum atomic E-state index is 4.32. The zero-order chi connectivity index (χ0) is 11.7. The molecule has 1 aliphatic carbocycles. The van der Waals surface area contributed by atoms with Gasteiger partial charge in [0.1, 0.15) is 0 Å². The van der Waals surface area contributed by atoms with Crippen LogP contribution in [-0.2, 0) is 6.42 Å². The highest BCUT2D eigenvalue weighted by Crippen LogP contribution is 2.39. The maximum Gasteiger partial charge on any atom is 0.0678 e. The van der Waals surface area contributed by atoms with E-state index >= 15 is 0 Å². The van der Waals surface area contributed by atoms with Gasteiger partial charge in [0.15, 0.2) is 0 Å². The molecule has 1 aromatic carbocycles. The maximum absolute atomic E-state index is 4.32. The number of para-hydroxylation sites is 1. The molecule has 0 bridgehead atoms. The van der Waals surface area contributed by atoms with E-state index in [0.29, 0.717) is 5.54 Å². The number of nitrogens with zero attached hydrogens (tertiary/aromatic N) is 2. The Kier molecular flexibility index (Phi) is 2.48. The van der Waals surface area contributed by atoms with E-state index in [4.69, 9.17) is 0 Å². The molecule has 3 rings (SSSR count). The molecule has 1 N–H and O–H groups in total. The van der Waals surface area contributed by atoms with Crippen LogP contribution in [0.15, 0.2) is 42.7 Å². The average molecular weight is 227 g/mol. The molecule has 1 aromatic heterocycles. The van der Waals surface area contributed by atoms with Crippen molar-refractivity contribution >= 4 is 0 Å². The van der Waals surface area contributed by atoms with Crippen molar-refractivity contribution in [1.29, 1.82) is 0 Å². The van der Waals surface area contributed by atoms with Gasteiger partial charge in [0.2, 0.25) is 0 Å². The number of hydrogen-bond donors (Lipinski definition) is 1. The molecule has 17 heavy (non-hydrogen) atoms. The Hall–Kier alpha value is -1.61. The van der Waals surface area contributed by atoms with Crippen LogP contribution < -0.4 is 5.32 Å². The number of nitrogens with one attached hydrogen (secondary N) is 1. The van der Waals surface area contributed by atoms with Crippen LogP contribution in [-0.4, -0.2) is 22.4 Å². The van der Waals surface area contributed by atoms with Crippen LogP contribution >= 0.6 is 0 Å². The highest BCUT2D eigenvalue weighted by Gasteiger charge is 2.41. The molecule has 0 saturated heterocycles. The van der Waals surface area contributed by atoms with E-state index in [-0.39, 0.29) is 0 Å². The molecule has 2 aromatic rings. The molecule has 0 aliphatic heterocycles. The van der Waals surface area contributed by atoms with E-state index in [0.717, 1.165) is 6.42 Å². The lowest BCUT2D eigenvalue weighted by Crippen LogP contribution is -2.30. The van der Waals surface area contributed by atoms with Crippen LogP contribution in [0, 0.1) is 0 Å². The van der Waals surface area contributed by atoms with Crippen molar-refractivity contribution < 1.29 is 0 Å². The molecule has 1 heterocycles. The summed E-state index contributed by atoms with van der Waals surface area (Å²) >= 11 is 0. The zero-order valence-corrected chi connectivity index (χ0v) is 10.1. The van der Waals surface area contributed by atoms with Crippen molar-refractivity contribution in [1.82, 2.24) is 15.1 Å². The van der Waals surface area contributed by atoms with Crippen molar-refractivity contribution in [3.63, 3.8) is 0 Å². The van der Waals surface area contributed by atoms with Crippen LogP contribution in [0.5, 0.6) is 0 Å². The summed E-state index contributed by atoms with van der Waals surface area (Å²) in [5.41, 5.74) is 2.89. The third kappa shape index (κ3) is 1.98. The van der Waals surface area contributed by atoms with Crippen LogP contribution in [0.4, 0.5) is 0 Å². The lowest BCUT2D eigenvalue weighted by Gasteiger charge is -2.16. The van der Waals surface area contributed by atoms with Gasteiger partial charge in [-0.1, -0.05) is 18.2 Å². The van der Waals surface area contributed by atoms with E-state index in [9.17, 15) is 0 Å². The summed E-state index contributed by atoms with van der Waals surface area (Å²) in [7, 11) is 2.06. The van der Waals surface area contributed by atoms with E-state index in [1.54, 1.807) is 0 Å². The zero-order valence-electron chi connectivity index (χ0n) is 10.1. The molecule has 1 fully saturated rings. The summed E-state index contributed by atoms with van der Waals surface area (Å²) in [5, 5.41) is 7.76. The normalized spacial score (nSPS) is 17.0. The van der Waals surface area contributed by atoms with Gasteiger partial charge in [0.05, 0.1) is 5.69 Å². The number of likely N-dealkylation sites (N-methyl/N-ethyl adjacent to an activating group) is 1. The molecule has 88 valence electrons. The first-order chi connectivity index (χ1) is 8.33. The standard InChI is InChI=1S/C14H17N3/c1-15-14(7-8-14)11-12-5-2-3-6-13(12)17-10-4-9-16-17/h2-6,9-10,15H,7-8,11H2,1H3. The Morgan fingerprint density at radius 2 is 2.12 bits per heavy atom. The van der Waals surface area contributed by atoms with Crippen LogP contribution in [0.3, 0.4) is 0 Å². The Balaban J connectivity index is 1.94. The highest BCUT2D eigenvalue weighted by molar-refractivity contribution is 5.42. The highest BCUT2D eigenvalue weighted by atomic mass is 15.3. The minimum atomic E-state index is 0.337. The first-order valence-electron chi connectivity index (χ1n) is 6.10. The lowest BCUT2D eigenvalue weighted by atomic mass is 10.0. The Labute approximate surface area is 101 Å². The third-order valence-electron chi connectivity index (χ3n) is 3.66. The lowest BCUT2D eigenvalue weighted by molar-refractivity contribution is 0.547. The fraction of sp³-hybridized carbons (Fsp3) is 0.357. The van der Waals surface area contributed by atoms with Gasteiger partial charge < -0.3 is 5.32 Å². The second-order valence-electron chi connectivity index (χ2n) is 4.79. The summed E-state index contributed by atoms with van der Waals surface area (Å²) in [6.45, 7) is 0. The van der Waals surface area contributed by atoms with Gasteiger partial charge in [0.25, 0.3) is 0 Å². The SMILES string of the molecule is CNC1(Cc2ccccc2-n2cccn2)CC1. The Bertz CT molecular complexity index is 498. The predicted molar refractivity (Wildman–Crippen MR) is 68.3 cm³/mol. The molecular weight excluding hydrogens is 210 g/mol. The van der Waals surface area contributed by atoms with Crippen LogP contribution in [0.2, 0.25) is 0 Å². The summed E-state index contributed by atoms with van der Waals surface area (Å²) in [6, 6.07) is 10.5. The van der Waals surface area contributed by atoms with Crippen molar-refractivity contribution in [2.45, 2.75) is 24.8 Å². The molecule has 0 amide bonds. The second kappa shape index (κ2) is 4.00. The number of rotatable bonds is 4. The van der Waals surface area contributed by atoms with Gasteiger partial charge in [-0.25, -0.2) is 4.68 Å². The van der Waals surface area contributed by atoms with Gasteiger partial charge in [0, 0.05) is 17.9 Å². The predicted octanol–water partition coefficient (Wildman–Crippen LogP) is 2.17. The largest absolute Gasteiger partial charge is 0.314 e. The first kappa shape index (κ1) is 10.5. The topological polar surface area (TPSA) is 29.9 Å². The Morgan fingerprint density at radius 1 is 1.29 bits per heavy atom. The van der Waals surface area contributed by atoms with Gasteiger partial charge in [-0.2, -0.15) is 5.10 Å². The van der Waals surface area contributed by atoms with E-state index in [2.05, 4.69) is 41.7 Å².